The molecule has 2 fully saturated rings. The van der Waals surface area contributed by atoms with Crippen molar-refractivity contribution in [2.24, 2.45) is 11.3 Å². The number of carbonyl (C=O) groups excluding carboxylic acids is 1. The third kappa shape index (κ3) is 9.68. The summed E-state index contributed by atoms with van der Waals surface area (Å²) >= 11 is 6.24. The highest BCUT2D eigenvalue weighted by atomic mass is 35.5. The standard InChI is InChI=1S/C45H51ClN8O7S/c1-45(2)17-14-31(36(26-45)30-6-8-32(46)9-7-30)28-52-18-20-53(21-19-52)33-10-12-35(41(24-33)61-40-5-3-4-38-42(40)43(47)50-49-38)44(55)51-62(58,59)34-11-13-37(39(25-34)54(56)57)48-27-29-15-22-60-23-16-29/h3-13,24-25,29,48H,14-23,26-28H2,1-2H3,(H,51,55)(H3,47,49,50). The summed E-state index contributed by atoms with van der Waals surface area (Å²) in [5.41, 5.74) is 11.6. The summed E-state index contributed by atoms with van der Waals surface area (Å²) in [6, 6.07) is 21.9. The number of amides is 1. The van der Waals surface area contributed by atoms with Crippen LogP contribution in [-0.2, 0) is 14.8 Å². The number of aromatic nitrogens is 2. The summed E-state index contributed by atoms with van der Waals surface area (Å²) in [7, 11) is -4.58. The lowest BCUT2D eigenvalue weighted by molar-refractivity contribution is -0.384. The Hall–Kier alpha value is -5.68. The fourth-order valence-corrected chi connectivity index (χ4v) is 9.68. The van der Waals surface area contributed by atoms with E-state index < -0.39 is 31.4 Å². The molecule has 326 valence electrons. The third-order valence-corrected chi connectivity index (χ3v) is 13.7. The van der Waals surface area contributed by atoms with Gasteiger partial charge in [0.2, 0.25) is 0 Å². The van der Waals surface area contributed by atoms with Crippen LogP contribution in [0.25, 0.3) is 16.5 Å². The molecule has 5 N–H and O–H groups in total. The quantitative estimate of drug-likeness (QED) is 0.0654. The lowest BCUT2D eigenvalue weighted by Gasteiger charge is -2.39. The first-order valence-corrected chi connectivity index (χ1v) is 22.7. The van der Waals surface area contributed by atoms with Crippen molar-refractivity contribution >= 4 is 66.9 Å². The van der Waals surface area contributed by atoms with Gasteiger partial charge in [-0.25, -0.2) is 13.1 Å². The number of rotatable bonds is 13. The van der Waals surface area contributed by atoms with Crippen LogP contribution in [0.15, 0.2) is 89.3 Å². The summed E-state index contributed by atoms with van der Waals surface area (Å²) in [5.74, 6) is -0.116. The number of carbonyl (C=O) groups is 1. The predicted molar refractivity (Wildman–Crippen MR) is 241 cm³/mol. The van der Waals surface area contributed by atoms with Gasteiger partial charge in [-0.1, -0.05) is 49.2 Å². The summed E-state index contributed by atoms with van der Waals surface area (Å²) in [6.45, 7) is 10.3. The Morgan fingerprint density at radius 2 is 1.79 bits per heavy atom. The maximum Gasteiger partial charge on any atom is 0.293 e. The van der Waals surface area contributed by atoms with Gasteiger partial charge in [0.05, 0.1) is 26.3 Å². The largest absolute Gasteiger partial charge is 0.456 e. The third-order valence-electron chi connectivity index (χ3n) is 12.2. The number of nitrogens with one attached hydrogen (secondary N) is 3. The first-order chi connectivity index (χ1) is 29.7. The van der Waals surface area contributed by atoms with E-state index in [9.17, 15) is 23.3 Å². The number of H-pyrrole nitrogens is 1. The Bertz CT molecular complexity index is 2620. The van der Waals surface area contributed by atoms with Crippen LogP contribution in [0.2, 0.25) is 5.02 Å². The van der Waals surface area contributed by atoms with Gasteiger partial charge in [0.15, 0.2) is 5.82 Å². The average Bonchev–Trinajstić information content (AvgIpc) is 3.65. The smallest absolute Gasteiger partial charge is 0.293 e. The molecular formula is C45H51ClN8O7S. The van der Waals surface area contributed by atoms with Crippen molar-refractivity contribution in [2.75, 3.05) is 68.4 Å². The van der Waals surface area contributed by atoms with E-state index in [0.717, 1.165) is 68.5 Å². The van der Waals surface area contributed by atoms with Gasteiger partial charge in [-0.05, 0) is 103 Å². The molecule has 62 heavy (non-hydrogen) atoms. The van der Waals surface area contributed by atoms with E-state index in [4.69, 9.17) is 26.8 Å². The molecule has 3 heterocycles. The van der Waals surface area contributed by atoms with Crippen LogP contribution < -0.4 is 25.4 Å². The molecule has 17 heteroatoms. The fourth-order valence-electron chi connectivity index (χ4n) is 8.57. The number of hydrogen-bond acceptors (Lipinski definition) is 12. The van der Waals surface area contributed by atoms with Crippen LogP contribution in [0.1, 0.15) is 61.9 Å². The zero-order valence-corrected chi connectivity index (χ0v) is 36.4. The van der Waals surface area contributed by atoms with E-state index in [0.29, 0.717) is 49.5 Å². The van der Waals surface area contributed by atoms with Crippen molar-refractivity contribution in [1.82, 2.24) is 19.8 Å². The SMILES string of the molecule is CC1(C)CCC(CN2CCN(c3ccc(C(=O)NS(=O)(=O)c4ccc(NCC5CCOCC5)c([N+](=O)[O-])c4)c(Oc4cccc5[nH]nc(N)c45)c3)CC2)=C(c2ccc(Cl)cc2)C1. The second-order valence-corrected chi connectivity index (χ2v) is 19.2. The van der Waals surface area contributed by atoms with Crippen LogP contribution in [0.5, 0.6) is 11.5 Å². The maximum absolute atomic E-state index is 14.0. The molecule has 0 spiro atoms. The Morgan fingerprint density at radius 3 is 2.53 bits per heavy atom. The highest BCUT2D eigenvalue weighted by Gasteiger charge is 2.31. The molecule has 1 amide bonds. The van der Waals surface area contributed by atoms with E-state index in [1.807, 2.05) is 12.1 Å². The number of nitrogen functional groups attached to an aromatic ring is 1. The highest BCUT2D eigenvalue weighted by molar-refractivity contribution is 7.90. The summed E-state index contributed by atoms with van der Waals surface area (Å²) in [5, 5.41) is 23.4. The number of halogens is 1. The van der Waals surface area contributed by atoms with Crippen molar-refractivity contribution in [3.05, 3.63) is 111 Å². The van der Waals surface area contributed by atoms with Gasteiger partial charge in [-0.15, -0.1) is 0 Å². The molecule has 0 unspecified atom stereocenters. The lowest BCUT2D eigenvalue weighted by Crippen LogP contribution is -2.47. The van der Waals surface area contributed by atoms with Crippen molar-refractivity contribution < 1.29 is 27.6 Å². The second kappa shape index (κ2) is 18.0. The number of piperazine rings is 1. The molecule has 1 aliphatic carbocycles. The maximum atomic E-state index is 14.0. The van der Waals surface area contributed by atoms with Crippen molar-refractivity contribution in [3.8, 4) is 11.5 Å². The minimum atomic E-state index is -4.58. The van der Waals surface area contributed by atoms with Gasteiger partial charge in [-0.2, -0.15) is 5.10 Å². The van der Waals surface area contributed by atoms with Gasteiger partial charge < -0.3 is 25.4 Å². The molecule has 2 aliphatic heterocycles. The number of hydrogen-bond donors (Lipinski definition) is 4. The second-order valence-electron chi connectivity index (χ2n) is 17.1. The number of allylic oxidation sites excluding steroid dienone is 1. The normalized spacial score (nSPS) is 17.6. The van der Waals surface area contributed by atoms with Crippen molar-refractivity contribution in [2.45, 2.75) is 50.8 Å². The number of benzene rings is 4. The van der Waals surface area contributed by atoms with Gasteiger partial charge in [-0.3, -0.25) is 24.9 Å². The molecule has 0 bridgehead atoms. The Morgan fingerprint density at radius 1 is 1.03 bits per heavy atom. The molecular weight excluding hydrogens is 832 g/mol. The van der Waals surface area contributed by atoms with E-state index in [1.165, 1.54) is 34.9 Å². The number of ether oxygens (including phenoxy) is 2. The molecule has 5 aromatic rings. The molecule has 2 saturated heterocycles. The fraction of sp³-hybridized carbons (Fsp3) is 0.378. The summed E-state index contributed by atoms with van der Waals surface area (Å²) in [4.78, 5) is 29.7. The summed E-state index contributed by atoms with van der Waals surface area (Å²) in [6.07, 6.45) is 4.81. The number of nitro benzene ring substituents is 1. The van der Waals surface area contributed by atoms with E-state index >= 15 is 0 Å². The molecule has 0 saturated carbocycles. The van der Waals surface area contributed by atoms with Crippen LogP contribution in [0.3, 0.4) is 0 Å². The molecule has 0 atom stereocenters. The number of anilines is 3. The van der Waals surface area contributed by atoms with Crippen LogP contribution in [0, 0.1) is 21.4 Å². The van der Waals surface area contributed by atoms with E-state index in [1.54, 1.807) is 30.3 Å². The number of sulfonamides is 1. The molecule has 8 rings (SSSR count). The molecule has 1 aromatic heterocycles. The average molecular weight is 883 g/mol. The van der Waals surface area contributed by atoms with Gasteiger partial charge >= 0.3 is 0 Å². The number of nitrogens with two attached hydrogens (primary N) is 1. The number of fused-ring (bicyclic) bond motifs is 1. The van der Waals surface area contributed by atoms with E-state index in [2.05, 4.69) is 56.0 Å². The molecule has 3 aliphatic rings. The number of aromatic amines is 1. The monoisotopic (exact) mass is 882 g/mol. The minimum absolute atomic E-state index is 0.0684. The Kier molecular flexibility index (Phi) is 12.5. The predicted octanol–water partition coefficient (Wildman–Crippen LogP) is 8.24. The highest BCUT2D eigenvalue weighted by Crippen LogP contribution is 2.44. The Balaban J connectivity index is 1.02. The summed E-state index contributed by atoms with van der Waals surface area (Å²) < 4.78 is 41.4. The first-order valence-electron chi connectivity index (χ1n) is 20.9. The van der Waals surface area contributed by atoms with Gasteiger partial charge in [0, 0.05) is 75.3 Å². The number of nitro groups is 1. The van der Waals surface area contributed by atoms with Crippen LogP contribution >= 0.6 is 11.6 Å². The zero-order chi connectivity index (χ0) is 43.6. The topological polar surface area (TPSA) is 198 Å². The van der Waals surface area contributed by atoms with Crippen molar-refractivity contribution in [3.63, 3.8) is 0 Å². The number of nitrogens with zero attached hydrogens (tertiary/aromatic N) is 4. The minimum Gasteiger partial charge on any atom is -0.456 e. The van der Waals surface area contributed by atoms with Crippen LogP contribution in [0.4, 0.5) is 22.9 Å². The molecule has 4 aromatic carbocycles. The van der Waals surface area contributed by atoms with Crippen molar-refractivity contribution in [1.29, 1.82) is 0 Å². The first kappa shape index (κ1) is 43.0. The van der Waals surface area contributed by atoms with E-state index in [-0.39, 0.29) is 34.2 Å². The van der Waals surface area contributed by atoms with Gasteiger partial charge in [0.25, 0.3) is 21.6 Å². The van der Waals surface area contributed by atoms with Crippen LogP contribution in [-0.4, -0.2) is 86.8 Å². The lowest BCUT2D eigenvalue weighted by atomic mass is 9.72. The molecule has 15 nitrogen and oxygen atoms in total. The molecule has 0 radical (unpaired) electrons. The zero-order valence-electron chi connectivity index (χ0n) is 34.8. The van der Waals surface area contributed by atoms with Gasteiger partial charge in [0.1, 0.15) is 17.2 Å². The Labute approximate surface area is 365 Å².